The highest BCUT2D eigenvalue weighted by Crippen LogP contribution is 2.01. The van der Waals surface area contributed by atoms with Crippen molar-refractivity contribution in [2.75, 3.05) is 0 Å². The number of aldehydes is 1. The zero-order chi connectivity index (χ0) is 9.10. The molecule has 0 saturated carbocycles. The summed E-state index contributed by atoms with van der Waals surface area (Å²) in [4.78, 5) is 14.2. The Morgan fingerprint density at radius 1 is 1.46 bits per heavy atom. The molecular weight excluding hydrogens is 166 g/mol. The van der Waals surface area contributed by atoms with Crippen LogP contribution in [-0.2, 0) is 11.2 Å². The van der Waals surface area contributed by atoms with Crippen LogP contribution in [-0.4, -0.2) is 20.9 Å². The zero-order valence-electron chi connectivity index (χ0n) is 7.05. The van der Waals surface area contributed by atoms with E-state index in [2.05, 4.69) is 10.1 Å². The number of imidazole rings is 1. The molecule has 0 fully saturated rings. The third-order valence-electron chi connectivity index (χ3n) is 1.83. The Kier molecular flexibility index (Phi) is 2.04. The van der Waals surface area contributed by atoms with Crippen LogP contribution >= 0.6 is 0 Å². The smallest absolute Gasteiger partial charge is 0.153 e. The predicted octanol–water partition coefficient (Wildman–Crippen LogP) is 0.861. The van der Waals surface area contributed by atoms with E-state index in [9.17, 15) is 4.79 Å². The van der Waals surface area contributed by atoms with Crippen molar-refractivity contribution < 1.29 is 4.79 Å². The Labute approximate surface area is 75.2 Å². The van der Waals surface area contributed by atoms with Gasteiger partial charge in [0.05, 0.1) is 5.69 Å². The van der Waals surface area contributed by atoms with E-state index in [0.717, 1.165) is 17.6 Å². The van der Waals surface area contributed by atoms with Crippen LogP contribution in [0.5, 0.6) is 0 Å². The normalized spacial score (nSPS) is 10.5. The Morgan fingerprint density at radius 2 is 2.38 bits per heavy atom. The van der Waals surface area contributed by atoms with E-state index >= 15 is 0 Å². The summed E-state index contributed by atoms with van der Waals surface area (Å²) in [5.41, 5.74) is 1.74. The van der Waals surface area contributed by atoms with Crippen molar-refractivity contribution in [2.24, 2.45) is 0 Å². The van der Waals surface area contributed by atoms with Crippen LogP contribution in [0, 0.1) is 0 Å². The molecule has 0 saturated heterocycles. The minimum absolute atomic E-state index is 0.521. The zero-order valence-corrected chi connectivity index (χ0v) is 7.05. The summed E-state index contributed by atoms with van der Waals surface area (Å²) in [7, 11) is 0. The lowest BCUT2D eigenvalue weighted by Crippen LogP contribution is -1.97. The first-order valence-corrected chi connectivity index (χ1v) is 4.13. The minimum Gasteiger partial charge on any atom is -0.303 e. The van der Waals surface area contributed by atoms with Gasteiger partial charge in [0.2, 0.25) is 0 Å². The molecule has 0 unspecified atom stereocenters. The van der Waals surface area contributed by atoms with Gasteiger partial charge in [0.1, 0.15) is 6.29 Å². The number of carbonyl (C=O) groups is 1. The first-order valence-electron chi connectivity index (χ1n) is 4.13. The first-order chi connectivity index (χ1) is 6.40. The highest BCUT2D eigenvalue weighted by molar-refractivity contribution is 5.49. The van der Waals surface area contributed by atoms with Crippen LogP contribution in [0.4, 0.5) is 0 Å². The molecule has 0 amide bonds. The summed E-state index contributed by atoms with van der Waals surface area (Å²) in [6, 6.07) is 3.79. The molecule has 4 heteroatoms. The van der Waals surface area contributed by atoms with Gasteiger partial charge in [-0.1, -0.05) is 0 Å². The van der Waals surface area contributed by atoms with E-state index in [1.165, 1.54) is 0 Å². The second kappa shape index (κ2) is 3.35. The summed E-state index contributed by atoms with van der Waals surface area (Å²) in [5.74, 6) is 0. The number of carbonyl (C=O) groups excluding carboxylic acids is 1. The summed E-state index contributed by atoms with van der Waals surface area (Å²) < 4.78 is 1.71. The van der Waals surface area contributed by atoms with Gasteiger partial charge in [0.25, 0.3) is 0 Å². The largest absolute Gasteiger partial charge is 0.303 e. The molecule has 0 aromatic carbocycles. The number of hydrogen-bond acceptors (Lipinski definition) is 3. The molecule has 2 aromatic heterocycles. The fourth-order valence-electron chi connectivity index (χ4n) is 1.19. The van der Waals surface area contributed by atoms with Crippen molar-refractivity contribution in [1.82, 2.24) is 14.6 Å². The maximum Gasteiger partial charge on any atom is 0.153 e. The summed E-state index contributed by atoms with van der Waals surface area (Å²) in [6.45, 7) is 0. The van der Waals surface area contributed by atoms with Crippen molar-refractivity contribution in [1.29, 1.82) is 0 Å². The van der Waals surface area contributed by atoms with Crippen LogP contribution in [0.15, 0.2) is 24.5 Å². The molecule has 4 nitrogen and oxygen atoms in total. The average Bonchev–Trinajstić information content (AvgIpc) is 2.61. The van der Waals surface area contributed by atoms with Crippen molar-refractivity contribution in [3.63, 3.8) is 0 Å². The van der Waals surface area contributed by atoms with Gasteiger partial charge in [-0.15, -0.1) is 0 Å². The standard InChI is InChI=1S/C9H9N3O/c13-7-1-2-8-3-4-9-10-5-6-12(9)11-8/h3-7H,1-2H2. The van der Waals surface area contributed by atoms with Gasteiger partial charge < -0.3 is 4.79 Å². The van der Waals surface area contributed by atoms with Gasteiger partial charge >= 0.3 is 0 Å². The number of hydrogen-bond donors (Lipinski definition) is 0. The molecule has 0 radical (unpaired) electrons. The summed E-state index contributed by atoms with van der Waals surface area (Å²) in [6.07, 6.45) is 5.61. The first kappa shape index (κ1) is 7.91. The van der Waals surface area contributed by atoms with E-state index in [0.29, 0.717) is 12.8 Å². The molecule has 0 aliphatic carbocycles. The molecule has 0 aliphatic rings. The third kappa shape index (κ3) is 1.56. The van der Waals surface area contributed by atoms with Crippen molar-refractivity contribution in [3.8, 4) is 0 Å². The number of aryl methyl sites for hydroxylation is 1. The SMILES string of the molecule is O=CCCc1ccc2nccn2n1. The lowest BCUT2D eigenvalue weighted by molar-refractivity contribution is -0.107. The molecular formula is C9H9N3O. The Hall–Kier alpha value is -1.71. The molecule has 0 spiro atoms. The van der Waals surface area contributed by atoms with Gasteiger partial charge in [-0.3, -0.25) is 0 Å². The van der Waals surface area contributed by atoms with Gasteiger partial charge in [0, 0.05) is 18.8 Å². The third-order valence-corrected chi connectivity index (χ3v) is 1.83. The minimum atomic E-state index is 0.521. The fourth-order valence-corrected chi connectivity index (χ4v) is 1.19. The average molecular weight is 175 g/mol. The highest BCUT2D eigenvalue weighted by atomic mass is 16.1. The Balaban J connectivity index is 2.31. The number of rotatable bonds is 3. The maximum atomic E-state index is 10.1. The quantitative estimate of drug-likeness (QED) is 0.650. The van der Waals surface area contributed by atoms with Crippen LogP contribution < -0.4 is 0 Å². The van der Waals surface area contributed by atoms with E-state index in [1.807, 2.05) is 12.1 Å². The molecule has 2 aromatic rings. The van der Waals surface area contributed by atoms with E-state index in [4.69, 9.17) is 0 Å². The van der Waals surface area contributed by atoms with E-state index in [-0.39, 0.29) is 0 Å². The van der Waals surface area contributed by atoms with Gasteiger partial charge in [0.15, 0.2) is 5.65 Å². The van der Waals surface area contributed by atoms with Gasteiger partial charge in [-0.05, 0) is 18.6 Å². The number of fused-ring (bicyclic) bond motifs is 1. The number of aromatic nitrogens is 3. The predicted molar refractivity (Wildman–Crippen MR) is 47.4 cm³/mol. The second-order valence-electron chi connectivity index (χ2n) is 2.76. The molecule has 0 atom stereocenters. The van der Waals surface area contributed by atoms with E-state index in [1.54, 1.807) is 16.9 Å². The van der Waals surface area contributed by atoms with Gasteiger partial charge in [-0.2, -0.15) is 5.10 Å². The van der Waals surface area contributed by atoms with Crippen LogP contribution in [0.25, 0.3) is 5.65 Å². The second-order valence-corrected chi connectivity index (χ2v) is 2.76. The molecule has 13 heavy (non-hydrogen) atoms. The molecule has 2 heterocycles. The topological polar surface area (TPSA) is 47.3 Å². The molecule has 0 N–H and O–H groups in total. The lowest BCUT2D eigenvalue weighted by atomic mass is 10.2. The monoisotopic (exact) mass is 175 g/mol. The maximum absolute atomic E-state index is 10.1. The van der Waals surface area contributed by atoms with Crippen LogP contribution in [0.2, 0.25) is 0 Å². The molecule has 0 aliphatic heterocycles. The summed E-state index contributed by atoms with van der Waals surface area (Å²) >= 11 is 0. The van der Waals surface area contributed by atoms with Crippen molar-refractivity contribution >= 4 is 11.9 Å². The van der Waals surface area contributed by atoms with Crippen molar-refractivity contribution in [2.45, 2.75) is 12.8 Å². The Morgan fingerprint density at radius 3 is 3.23 bits per heavy atom. The molecule has 2 rings (SSSR count). The van der Waals surface area contributed by atoms with Crippen LogP contribution in [0.1, 0.15) is 12.1 Å². The Bertz CT molecular complexity index is 421. The summed E-state index contributed by atoms with van der Waals surface area (Å²) in [5, 5.41) is 4.27. The molecule has 0 bridgehead atoms. The van der Waals surface area contributed by atoms with E-state index < -0.39 is 0 Å². The fraction of sp³-hybridized carbons (Fsp3) is 0.222. The van der Waals surface area contributed by atoms with Gasteiger partial charge in [-0.25, -0.2) is 9.50 Å². The number of nitrogens with zero attached hydrogens (tertiary/aromatic N) is 3. The van der Waals surface area contributed by atoms with Crippen molar-refractivity contribution in [3.05, 3.63) is 30.2 Å². The highest BCUT2D eigenvalue weighted by Gasteiger charge is 1.97. The van der Waals surface area contributed by atoms with Crippen LogP contribution in [0.3, 0.4) is 0 Å². The lowest BCUT2D eigenvalue weighted by Gasteiger charge is -1.97. The molecule has 66 valence electrons.